The molecule has 0 unspecified atom stereocenters. The summed E-state index contributed by atoms with van der Waals surface area (Å²) in [5.74, 6) is 0.364. The number of piperazine rings is 1. The molecule has 1 aliphatic rings. The van der Waals surface area contributed by atoms with Crippen LogP contribution in [0.4, 0.5) is 4.39 Å². The van der Waals surface area contributed by atoms with Gasteiger partial charge in [-0.15, -0.1) is 10.2 Å². The lowest BCUT2D eigenvalue weighted by Gasteiger charge is -2.34. The lowest BCUT2D eigenvalue weighted by Crippen LogP contribution is -2.48. The number of hydrogen-bond acceptors (Lipinski definition) is 6. The second-order valence-electron chi connectivity index (χ2n) is 8.08. The van der Waals surface area contributed by atoms with Crippen LogP contribution >= 0.6 is 23.4 Å². The minimum Gasteiger partial charge on any atom is -0.411 e. The first kappa shape index (κ1) is 22.8. The van der Waals surface area contributed by atoms with Crippen molar-refractivity contribution in [3.63, 3.8) is 0 Å². The van der Waals surface area contributed by atoms with E-state index < -0.39 is 0 Å². The highest BCUT2D eigenvalue weighted by atomic mass is 35.5. The second kappa shape index (κ2) is 10.1. The Bertz CT molecular complexity index is 1300. The molecule has 5 rings (SSSR count). The van der Waals surface area contributed by atoms with Crippen molar-refractivity contribution in [1.29, 1.82) is 0 Å². The highest BCUT2D eigenvalue weighted by Crippen LogP contribution is 2.27. The van der Waals surface area contributed by atoms with Gasteiger partial charge < -0.3 is 9.32 Å². The fourth-order valence-electron chi connectivity index (χ4n) is 3.98. The summed E-state index contributed by atoms with van der Waals surface area (Å²) in [4.78, 5) is 16.6. The summed E-state index contributed by atoms with van der Waals surface area (Å²) in [7, 11) is 0. The Balaban J connectivity index is 1.13. The molecule has 1 fully saturated rings. The average molecular weight is 497 g/mol. The highest BCUT2D eigenvalue weighted by molar-refractivity contribution is 7.99. The Labute approximate surface area is 205 Å². The van der Waals surface area contributed by atoms with Crippen LogP contribution in [-0.2, 0) is 11.3 Å². The topological polar surface area (TPSA) is 62.5 Å². The molecule has 1 amide bonds. The van der Waals surface area contributed by atoms with Gasteiger partial charge >= 0.3 is 0 Å². The number of carbonyl (C=O) groups excluding carboxylic acids is 1. The molecule has 0 N–H and O–H groups in total. The van der Waals surface area contributed by atoms with Gasteiger partial charge in [0.1, 0.15) is 5.82 Å². The van der Waals surface area contributed by atoms with Crippen LogP contribution in [0.25, 0.3) is 22.2 Å². The van der Waals surface area contributed by atoms with Crippen LogP contribution in [0.5, 0.6) is 0 Å². The monoisotopic (exact) mass is 496 g/mol. The molecule has 1 aromatic heterocycles. The van der Waals surface area contributed by atoms with E-state index in [-0.39, 0.29) is 17.5 Å². The second-order valence-corrected chi connectivity index (χ2v) is 9.41. The van der Waals surface area contributed by atoms with Gasteiger partial charge in [0.05, 0.1) is 5.75 Å². The summed E-state index contributed by atoms with van der Waals surface area (Å²) in [6.45, 7) is 2.92. The lowest BCUT2D eigenvalue weighted by atomic mass is 10.1. The highest BCUT2D eigenvalue weighted by Gasteiger charge is 2.23. The maximum absolute atomic E-state index is 14.1. The number of aromatic nitrogens is 2. The summed E-state index contributed by atoms with van der Waals surface area (Å²) < 4.78 is 19.8. The van der Waals surface area contributed by atoms with E-state index in [9.17, 15) is 9.18 Å². The Kier molecular flexibility index (Phi) is 6.80. The Hall–Kier alpha value is -2.94. The van der Waals surface area contributed by atoms with Crippen LogP contribution in [0.2, 0.25) is 5.02 Å². The first-order valence-electron chi connectivity index (χ1n) is 11.0. The van der Waals surface area contributed by atoms with Crippen LogP contribution in [0.1, 0.15) is 5.56 Å². The minimum atomic E-state index is -0.301. The fraction of sp³-hybridized carbons (Fsp3) is 0.240. The van der Waals surface area contributed by atoms with Crippen LogP contribution < -0.4 is 0 Å². The lowest BCUT2D eigenvalue weighted by molar-refractivity contribution is -0.130. The van der Waals surface area contributed by atoms with Gasteiger partial charge in [-0.3, -0.25) is 9.69 Å². The smallest absolute Gasteiger partial charge is 0.277 e. The number of nitrogens with zero attached hydrogens (tertiary/aromatic N) is 4. The summed E-state index contributed by atoms with van der Waals surface area (Å²) in [6.07, 6.45) is 0. The van der Waals surface area contributed by atoms with Gasteiger partial charge in [0.2, 0.25) is 11.8 Å². The zero-order chi connectivity index (χ0) is 23.5. The number of halogens is 2. The SMILES string of the molecule is O=C(CSc1nnc(-c2ccc3ccccc3c2)o1)N1CCN(Cc2c(F)cccc2Cl)CC1. The van der Waals surface area contributed by atoms with Gasteiger partial charge in [-0.1, -0.05) is 59.8 Å². The molecule has 0 aliphatic carbocycles. The van der Waals surface area contributed by atoms with Crippen molar-refractivity contribution < 1.29 is 13.6 Å². The Morgan fingerprint density at radius 1 is 1.00 bits per heavy atom. The van der Waals surface area contributed by atoms with E-state index in [2.05, 4.69) is 21.2 Å². The first-order valence-corrected chi connectivity index (χ1v) is 12.3. The molecule has 0 saturated carbocycles. The van der Waals surface area contributed by atoms with Crippen molar-refractivity contribution in [3.8, 4) is 11.5 Å². The van der Waals surface area contributed by atoms with Crippen molar-refractivity contribution in [3.05, 3.63) is 77.1 Å². The summed E-state index contributed by atoms with van der Waals surface area (Å²) in [5, 5.41) is 11.3. The molecule has 34 heavy (non-hydrogen) atoms. The standard InChI is InChI=1S/C25H22ClFN4O2S/c26-21-6-3-7-22(27)20(21)15-30-10-12-31(13-11-30)23(32)16-34-25-29-28-24(33-25)19-9-8-17-4-1-2-5-18(17)14-19/h1-9,14H,10-13,15-16H2. The molecule has 6 nitrogen and oxygen atoms in total. The van der Waals surface area contributed by atoms with Gasteiger partial charge in [0, 0.05) is 48.9 Å². The van der Waals surface area contributed by atoms with E-state index in [1.54, 1.807) is 12.1 Å². The zero-order valence-electron chi connectivity index (χ0n) is 18.3. The van der Waals surface area contributed by atoms with Gasteiger partial charge in [0.15, 0.2) is 0 Å². The van der Waals surface area contributed by atoms with Crippen LogP contribution in [-0.4, -0.2) is 57.8 Å². The molecule has 4 aromatic rings. The number of amides is 1. The third kappa shape index (κ3) is 5.09. The predicted octanol–water partition coefficient (Wildman–Crippen LogP) is 5.12. The normalized spacial score (nSPS) is 14.6. The molecule has 0 spiro atoms. The number of benzene rings is 3. The third-order valence-corrected chi connectivity index (χ3v) is 7.05. The van der Waals surface area contributed by atoms with E-state index >= 15 is 0 Å². The summed E-state index contributed by atoms with van der Waals surface area (Å²) in [5.41, 5.74) is 1.34. The van der Waals surface area contributed by atoms with E-state index in [1.807, 2.05) is 41.3 Å². The van der Waals surface area contributed by atoms with Crippen molar-refractivity contribution in [2.24, 2.45) is 0 Å². The largest absolute Gasteiger partial charge is 0.411 e. The van der Waals surface area contributed by atoms with E-state index in [0.29, 0.717) is 54.4 Å². The van der Waals surface area contributed by atoms with Crippen molar-refractivity contribution >= 4 is 40.0 Å². The number of thioether (sulfide) groups is 1. The van der Waals surface area contributed by atoms with Gasteiger partial charge in [-0.25, -0.2) is 4.39 Å². The summed E-state index contributed by atoms with van der Waals surface area (Å²) >= 11 is 7.38. The number of rotatable bonds is 6. The Morgan fingerprint density at radius 2 is 1.79 bits per heavy atom. The number of fused-ring (bicyclic) bond motifs is 1. The molecule has 174 valence electrons. The minimum absolute atomic E-state index is 0.0130. The van der Waals surface area contributed by atoms with Gasteiger partial charge in [0.25, 0.3) is 5.22 Å². The van der Waals surface area contributed by atoms with E-state index in [1.165, 1.54) is 17.8 Å². The maximum Gasteiger partial charge on any atom is 0.277 e. The average Bonchev–Trinajstić information content (AvgIpc) is 3.34. The van der Waals surface area contributed by atoms with Crippen molar-refractivity contribution in [2.75, 3.05) is 31.9 Å². The molecule has 3 aromatic carbocycles. The zero-order valence-corrected chi connectivity index (χ0v) is 19.9. The first-order chi connectivity index (χ1) is 16.6. The molecular formula is C25H22ClFN4O2S. The quantitative estimate of drug-likeness (QED) is 0.345. The van der Waals surface area contributed by atoms with E-state index in [0.717, 1.165) is 16.3 Å². The molecule has 2 heterocycles. The van der Waals surface area contributed by atoms with Crippen molar-refractivity contribution in [2.45, 2.75) is 11.8 Å². The number of carbonyl (C=O) groups is 1. The molecule has 0 radical (unpaired) electrons. The molecule has 0 atom stereocenters. The predicted molar refractivity (Wildman–Crippen MR) is 131 cm³/mol. The van der Waals surface area contributed by atoms with Gasteiger partial charge in [-0.05, 0) is 35.0 Å². The van der Waals surface area contributed by atoms with Crippen molar-refractivity contribution in [1.82, 2.24) is 20.0 Å². The van der Waals surface area contributed by atoms with Crippen LogP contribution in [0.15, 0.2) is 70.3 Å². The number of hydrogen-bond donors (Lipinski definition) is 0. The molecular weight excluding hydrogens is 475 g/mol. The van der Waals surface area contributed by atoms with Crippen LogP contribution in [0, 0.1) is 5.82 Å². The molecule has 1 saturated heterocycles. The third-order valence-electron chi connectivity index (χ3n) is 5.89. The van der Waals surface area contributed by atoms with E-state index in [4.69, 9.17) is 16.0 Å². The molecule has 0 bridgehead atoms. The summed E-state index contributed by atoms with van der Waals surface area (Å²) in [6, 6.07) is 18.8. The Morgan fingerprint density at radius 3 is 2.59 bits per heavy atom. The molecule has 1 aliphatic heterocycles. The molecule has 9 heteroatoms. The van der Waals surface area contributed by atoms with Crippen LogP contribution in [0.3, 0.4) is 0 Å². The maximum atomic E-state index is 14.1. The fourth-order valence-corrected chi connectivity index (χ4v) is 4.87. The van der Waals surface area contributed by atoms with Gasteiger partial charge in [-0.2, -0.15) is 0 Å².